The molecule has 3 rings (SSSR count). The van der Waals surface area contributed by atoms with E-state index in [2.05, 4.69) is 36.1 Å². The number of methoxy groups -OCH3 is 1. The molecule has 0 unspecified atom stereocenters. The lowest BCUT2D eigenvalue weighted by atomic mass is 10.0. The third-order valence-corrected chi connectivity index (χ3v) is 5.90. The van der Waals surface area contributed by atoms with Crippen LogP contribution in [0.3, 0.4) is 0 Å². The Labute approximate surface area is 188 Å². The van der Waals surface area contributed by atoms with Crippen molar-refractivity contribution in [3.8, 4) is 5.75 Å². The summed E-state index contributed by atoms with van der Waals surface area (Å²) in [5.41, 5.74) is 0.837. The standard InChI is InChI=1S/C23H32N4O5/c1-6-27-12-15(2)21(30-5)13-26(4)23(29)18-11-17(7-8-19(18)31-14-16(27)3)25-22(28)20-9-10-24-32-20/h7-11,15-16,21H,6,12-14H2,1-5H3,(H,25,28)/t15-,16-,21-/m1/s1. The maximum Gasteiger partial charge on any atom is 0.294 e. The molecule has 1 aromatic carbocycles. The number of carbonyl (C=O) groups excluding carboxylic acids is 2. The molecule has 9 heteroatoms. The van der Waals surface area contributed by atoms with Crippen molar-refractivity contribution in [3.05, 3.63) is 41.8 Å². The van der Waals surface area contributed by atoms with Crippen molar-refractivity contribution in [1.82, 2.24) is 15.0 Å². The summed E-state index contributed by atoms with van der Waals surface area (Å²) in [4.78, 5) is 29.6. The number of rotatable bonds is 4. The number of benzene rings is 1. The minimum atomic E-state index is -0.446. The van der Waals surface area contributed by atoms with Crippen LogP contribution in [0.2, 0.25) is 0 Å². The van der Waals surface area contributed by atoms with Crippen molar-refractivity contribution in [2.24, 2.45) is 5.92 Å². The van der Waals surface area contributed by atoms with Gasteiger partial charge in [-0.25, -0.2) is 0 Å². The first-order valence-corrected chi connectivity index (χ1v) is 10.8. The number of amides is 2. The van der Waals surface area contributed by atoms with E-state index in [1.807, 2.05) is 0 Å². The Morgan fingerprint density at radius 1 is 1.28 bits per heavy atom. The molecule has 1 aliphatic rings. The van der Waals surface area contributed by atoms with E-state index in [0.29, 0.717) is 30.2 Å². The third-order valence-electron chi connectivity index (χ3n) is 5.90. The monoisotopic (exact) mass is 444 g/mol. The van der Waals surface area contributed by atoms with Gasteiger partial charge in [0.25, 0.3) is 11.8 Å². The number of likely N-dealkylation sites (N-methyl/N-ethyl adjacent to an activating group) is 2. The molecule has 1 aliphatic heterocycles. The smallest absolute Gasteiger partial charge is 0.294 e. The Morgan fingerprint density at radius 3 is 2.72 bits per heavy atom. The lowest BCUT2D eigenvalue weighted by Gasteiger charge is -2.35. The predicted molar refractivity (Wildman–Crippen MR) is 120 cm³/mol. The van der Waals surface area contributed by atoms with Gasteiger partial charge in [0.2, 0.25) is 5.76 Å². The summed E-state index contributed by atoms with van der Waals surface area (Å²) < 4.78 is 16.7. The van der Waals surface area contributed by atoms with Gasteiger partial charge in [0.15, 0.2) is 0 Å². The van der Waals surface area contributed by atoms with Gasteiger partial charge in [0.05, 0.1) is 17.9 Å². The molecule has 0 fully saturated rings. The zero-order chi connectivity index (χ0) is 23.3. The van der Waals surface area contributed by atoms with Crippen LogP contribution in [0, 0.1) is 5.92 Å². The topological polar surface area (TPSA) is 97.1 Å². The Hall–Kier alpha value is -2.91. The summed E-state index contributed by atoms with van der Waals surface area (Å²) in [7, 11) is 3.43. The van der Waals surface area contributed by atoms with Crippen LogP contribution in [-0.2, 0) is 4.74 Å². The minimum absolute atomic E-state index is 0.0860. The fraction of sp³-hybridized carbons (Fsp3) is 0.522. The molecule has 0 saturated carbocycles. The molecule has 2 amide bonds. The number of nitrogens with zero attached hydrogens (tertiary/aromatic N) is 3. The Bertz CT molecular complexity index is 917. The average Bonchev–Trinajstić information content (AvgIpc) is 3.33. The second-order valence-corrected chi connectivity index (χ2v) is 8.23. The Kier molecular flexibility index (Phi) is 7.87. The van der Waals surface area contributed by atoms with Gasteiger partial charge < -0.3 is 24.2 Å². The van der Waals surface area contributed by atoms with E-state index >= 15 is 0 Å². The summed E-state index contributed by atoms with van der Waals surface area (Å²) in [5, 5.41) is 6.28. The van der Waals surface area contributed by atoms with E-state index < -0.39 is 5.91 Å². The number of ether oxygens (including phenoxy) is 2. The van der Waals surface area contributed by atoms with Crippen molar-refractivity contribution in [2.45, 2.75) is 32.9 Å². The maximum atomic E-state index is 13.3. The van der Waals surface area contributed by atoms with Crippen molar-refractivity contribution >= 4 is 17.5 Å². The third kappa shape index (κ3) is 5.46. The average molecular weight is 445 g/mol. The van der Waals surface area contributed by atoms with Gasteiger partial charge in [0.1, 0.15) is 12.4 Å². The van der Waals surface area contributed by atoms with Gasteiger partial charge in [-0.3, -0.25) is 14.5 Å². The highest BCUT2D eigenvalue weighted by atomic mass is 16.5. The minimum Gasteiger partial charge on any atom is -0.491 e. The number of hydrogen-bond acceptors (Lipinski definition) is 7. The fourth-order valence-electron chi connectivity index (χ4n) is 3.90. The largest absolute Gasteiger partial charge is 0.491 e. The molecule has 2 aromatic rings. The summed E-state index contributed by atoms with van der Waals surface area (Å²) in [6, 6.07) is 6.67. The molecule has 2 heterocycles. The molecule has 1 N–H and O–H groups in total. The number of carbonyl (C=O) groups is 2. The lowest BCUT2D eigenvalue weighted by Crippen LogP contribution is -2.46. The zero-order valence-electron chi connectivity index (χ0n) is 19.3. The molecule has 9 nitrogen and oxygen atoms in total. The molecule has 0 radical (unpaired) electrons. The van der Waals surface area contributed by atoms with E-state index in [4.69, 9.17) is 14.0 Å². The highest BCUT2D eigenvalue weighted by Crippen LogP contribution is 2.26. The van der Waals surface area contributed by atoms with Gasteiger partial charge in [-0.15, -0.1) is 0 Å². The molecular weight excluding hydrogens is 412 g/mol. The molecule has 1 aromatic heterocycles. The summed E-state index contributed by atoms with van der Waals surface area (Å²) in [6.45, 7) is 9.00. The number of anilines is 1. The van der Waals surface area contributed by atoms with E-state index in [-0.39, 0.29) is 29.7 Å². The molecule has 3 atom stereocenters. The van der Waals surface area contributed by atoms with E-state index in [0.717, 1.165) is 13.1 Å². The molecule has 174 valence electrons. The first-order valence-electron chi connectivity index (χ1n) is 10.8. The fourth-order valence-corrected chi connectivity index (χ4v) is 3.90. The van der Waals surface area contributed by atoms with E-state index in [1.165, 1.54) is 12.3 Å². The molecule has 0 saturated heterocycles. The van der Waals surface area contributed by atoms with Crippen LogP contribution in [-0.4, -0.2) is 79.3 Å². The number of hydrogen-bond donors (Lipinski definition) is 1. The van der Waals surface area contributed by atoms with E-state index in [1.54, 1.807) is 37.3 Å². The van der Waals surface area contributed by atoms with Crippen LogP contribution >= 0.6 is 0 Å². The second kappa shape index (κ2) is 10.6. The zero-order valence-corrected chi connectivity index (χ0v) is 19.3. The van der Waals surface area contributed by atoms with Gasteiger partial charge in [-0.2, -0.15) is 0 Å². The molecular formula is C23H32N4O5. The SMILES string of the molecule is CCN1C[C@@H](C)[C@H](OC)CN(C)C(=O)c2cc(NC(=O)c3ccno3)ccc2OC[C@H]1C. The van der Waals surface area contributed by atoms with Crippen LogP contribution in [0.25, 0.3) is 0 Å². The van der Waals surface area contributed by atoms with Crippen LogP contribution < -0.4 is 10.1 Å². The molecule has 0 bridgehead atoms. The molecule has 0 spiro atoms. The van der Waals surface area contributed by atoms with E-state index in [9.17, 15) is 9.59 Å². The Morgan fingerprint density at radius 2 is 2.06 bits per heavy atom. The highest BCUT2D eigenvalue weighted by Gasteiger charge is 2.28. The van der Waals surface area contributed by atoms with Gasteiger partial charge >= 0.3 is 0 Å². The molecule has 32 heavy (non-hydrogen) atoms. The van der Waals surface area contributed by atoms with Gasteiger partial charge in [-0.05, 0) is 37.6 Å². The van der Waals surface area contributed by atoms with Crippen LogP contribution in [0.4, 0.5) is 5.69 Å². The number of aromatic nitrogens is 1. The van der Waals surface area contributed by atoms with Crippen molar-refractivity contribution in [1.29, 1.82) is 0 Å². The normalized spacial score (nSPS) is 23.0. The van der Waals surface area contributed by atoms with Crippen molar-refractivity contribution < 1.29 is 23.6 Å². The van der Waals surface area contributed by atoms with Crippen LogP contribution in [0.1, 0.15) is 41.7 Å². The first kappa shape index (κ1) is 23.7. The number of nitrogens with one attached hydrogen (secondary N) is 1. The maximum absolute atomic E-state index is 13.3. The van der Waals surface area contributed by atoms with Crippen LogP contribution in [0.5, 0.6) is 5.75 Å². The molecule has 0 aliphatic carbocycles. The lowest BCUT2D eigenvalue weighted by molar-refractivity contribution is 0.0116. The Balaban J connectivity index is 1.92. The van der Waals surface area contributed by atoms with Gasteiger partial charge in [0, 0.05) is 45.0 Å². The highest BCUT2D eigenvalue weighted by molar-refractivity contribution is 6.04. The first-order chi connectivity index (χ1) is 15.3. The van der Waals surface area contributed by atoms with Crippen LogP contribution in [0.15, 0.2) is 35.0 Å². The number of fused-ring (bicyclic) bond motifs is 1. The van der Waals surface area contributed by atoms with Crippen molar-refractivity contribution in [2.75, 3.05) is 45.7 Å². The predicted octanol–water partition coefficient (Wildman–Crippen LogP) is 2.75. The second-order valence-electron chi connectivity index (χ2n) is 8.23. The van der Waals surface area contributed by atoms with Crippen molar-refractivity contribution in [3.63, 3.8) is 0 Å². The summed E-state index contributed by atoms with van der Waals surface area (Å²) >= 11 is 0. The summed E-state index contributed by atoms with van der Waals surface area (Å²) in [5.74, 6) is 0.139. The summed E-state index contributed by atoms with van der Waals surface area (Å²) in [6.07, 6.45) is 1.29. The quantitative estimate of drug-likeness (QED) is 0.774. The van der Waals surface area contributed by atoms with Gasteiger partial charge in [-0.1, -0.05) is 19.0 Å².